The first kappa shape index (κ1) is 12.9. The predicted octanol–water partition coefficient (Wildman–Crippen LogP) is 1.92. The first-order valence-corrected chi connectivity index (χ1v) is 7.66. The van der Waals surface area contributed by atoms with Gasteiger partial charge < -0.3 is 10.6 Å². The summed E-state index contributed by atoms with van der Waals surface area (Å²) in [5.74, 6) is 1.54. The molecule has 104 valence electrons. The Hall–Kier alpha value is -1.16. The summed E-state index contributed by atoms with van der Waals surface area (Å²) in [5, 5.41) is 0. The molecule has 1 aliphatic heterocycles. The van der Waals surface area contributed by atoms with Crippen molar-refractivity contribution in [3.05, 3.63) is 17.5 Å². The normalized spacial score (nSPS) is 23.8. The molecule has 0 spiro atoms. The van der Waals surface area contributed by atoms with Gasteiger partial charge in [0.05, 0.1) is 0 Å². The number of nitrogens with zero attached hydrogens (tertiary/aromatic N) is 3. The van der Waals surface area contributed by atoms with E-state index >= 15 is 0 Å². The largest absolute Gasteiger partial charge is 0.340 e. The first-order chi connectivity index (χ1) is 9.36. The van der Waals surface area contributed by atoms with Crippen LogP contribution in [0.15, 0.2) is 6.20 Å². The van der Waals surface area contributed by atoms with Crippen molar-refractivity contribution in [2.45, 2.75) is 44.9 Å². The number of anilines is 1. The molecule has 0 amide bonds. The topological polar surface area (TPSA) is 55.0 Å². The second kappa shape index (κ2) is 5.87. The van der Waals surface area contributed by atoms with Gasteiger partial charge in [-0.05, 0) is 56.6 Å². The first-order valence-electron chi connectivity index (χ1n) is 7.66. The molecule has 0 bridgehead atoms. The van der Waals surface area contributed by atoms with E-state index < -0.39 is 0 Å². The monoisotopic (exact) mass is 260 g/mol. The van der Waals surface area contributed by atoms with Crippen molar-refractivity contribution in [3.63, 3.8) is 0 Å². The molecule has 0 radical (unpaired) electrons. The maximum atomic E-state index is 5.81. The maximum Gasteiger partial charge on any atom is 0.225 e. The van der Waals surface area contributed by atoms with Gasteiger partial charge in [-0.1, -0.05) is 6.42 Å². The van der Waals surface area contributed by atoms with Crippen molar-refractivity contribution in [1.29, 1.82) is 0 Å². The van der Waals surface area contributed by atoms with Gasteiger partial charge in [0.1, 0.15) is 0 Å². The smallest absolute Gasteiger partial charge is 0.225 e. The fourth-order valence-corrected chi connectivity index (χ4v) is 3.23. The Morgan fingerprint density at radius 2 is 2.11 bits per heavy atom. The molecule has 19 heavy (non-hydrogen) atoms. The lowest BCUT2D eigenvalue weighted by Crippen LogP contribution is -2.39. The fraction of sp³-hybridized carbons (Fsp3) is 0.733. The molecular formula is C15H24N4. The van der Waals surface area contributed by atoms with Crippen molar-refractivity contribution in [2.75, 3.05) is 24.5 Å². The van der Waals surface area contributed by atoms with E-state index in [0.717, 1.165) is 38.4 Å². The van der Waals surface area contributed by atoms with Gasteiger partial charge in [-0.25, -0.2) is 9.97 Å². The van der Waals surface area contributed by atoms with Crippen LogP contribution in [0.4, 0.5) is 5.95 Å². The van der Waals surface area contributed by atoms with Gasteiger partial charge >= 0.3 is 0 Å². The third kappa shape index (κ3) is 2.89. The van der Waals surface area contributed by atoms with Gasteiger partial charge in [0.15, 0.2) is 0 Å². The van der Waals surface area contributed by atoms with Crippen molar-refractivity contribution < 1.29 is 0 Å². The van der Waals surface area contributed by atoms with E-state index in [1.165, 1.54) is 43.4 Å². The molecule has 2 heterocycles. The van der Waals surface area contributed by atoms with Gasteiger partial charge in [-0.2, -0.15) is 0 Å². The van der Waals surface area contributed by atoms with Gasteiger partial charge in [-0.3, -0.25) is 0 Å². The van der Waals surface area contributed by atoms with Crippen molar-refractivity contribution >= 4 is 5.95 Å². The molecule has 1 saturated heterocycles. The quantitative estimate of drug-likeness (QED) is 0.825. The molecule has 0 aromatic carbocycles. The Bertz CT molecular complexity index is 432. The summed E-state index contributed by atoms with van der Waals surface area (Å²) < 4.78 is 0. The Morgan fingerprint density at radius 1 is 1.21 bits per heavy atom. The molecule has 2 aliphatic rings. The molecule has 0 saturated carbocycles. The zero-order chi connectivity index (χ0) is 13.1. The Kier molecular flexibility index (Phi) is 3.97. The molecule has 1 aromatic rings. The highest BCUT2D eigenvalue weighted by Gasteiger charge is 2.21. The lowest BCUT2D eigenvalue weighted by atomic mass is 9.99. The summed E-state index contributed by atoms with van der Waals surface area (Å²) in [5.41, 5.74) is 8.47. The number of aromatic nitrogens is 2. The summed E-state index contributed by atoms with van der Waals surface area (Å²) in [6.07, 6.45) is 10.7. The number of nitrogens with two attached hydrogens (primary N) is 1. The van der Waals surface area contributed by atoms with Crippen LogP contribution in [0.3, 0.4) is 0 Å². The second-order valence-electron chi connectivity index (χ2n) is 5.89. The average Bonchev–Trinajstić information content (AvgIpc) is 2.71. The van der Waals surface area contributed by atoms with Crippen LogP contribution in [0.2, 0.25) is 0 Å². The highest BCUT2D eigenvalue weighted by molar-refractivity contribution is 5.34. The fourth-order valence-electron chi connectivity index (χ4n) is 3.23. The molecule has 3 rings (SSSR count). The van der Waals surface area contributed by atoms with Crippen LogP contribution in [0.5, 0.6) is 0 Å². The van der Waals surface area contributed by atoms with E-state index in [1.807, 2.05) is 0 Å². The number of rotatable bonds is 2. The van der Waals surface area contributed by atoms with Gasteiger partial charge in [-0.15, -0.1) is 0 Å². The van der Waals surface area contributed by atoms with E-state index in [4.69, 9.17) is 10.7 Å². The molecule has 4 heteroatoms. The number of aryl methyl sites for hydroxylation is 2. The highest BCUT2D eigenvalue weighted by atomic mass is 15.3. The zero-order valence-corrected chi connectivity index (χ0v) is 11.6. The Morgan fingerprint density at radius 3 is 3.00 bits per heavy atom. The Labute approximate surface area is 115 Å². The molecule has 2 N–H and O–H groups in total. The minimum atomic E-state index is 0.608. The van der Waals surface area contributed by atoms with Gasteiger partial charge in [0, 0.05) is 25.0 Å². The van der Waals surface area contributed by atoms with E-state index in [1.54, 1.807) is 0 Å². The average molecular weight is 260 g/mol. The molecule has 1 unspecified atom stereocenters. The minimum absolute atomic E-state index is 0.608. The standard InChI is InChI=1S/C15H24N4/c16-9-12-5-4-8-19(11-12)15-17-10-13-6-2-1-3-7-14(13)18-15/h10,12H,1-9,11,16H2. The number of hydrogen-bond donors (Lipinski definition) is 1. The lowest BCUT2D eigenvalue weighted by molar-refractivity contribution is 0.419. The highest BCUT2D eigenvalue weighted by Crippen LogP contribution is 2.23. The van der Waals surface area contributed by atoms with Crippen LogP contribution in [-0.2, 0) is 12.8 Å². The van der Waals surface area contributed by atoms with Crippen LogP contribution in [0.25, 0.3) is 0 Å². The van der Waals surface area contributed by atoms with Crippen LogP contribution in [0.1, 0.15) is 43.4 Å². The van der Waals surface area contributed by atoms with Crippen molar-refractivity contribution in [1.82, 2.24) is 9.97 Å². The molecule has 1 atom stereocenters. The van der Waals surface area contributed by atoms with E-state index in [0.29, 0.717) is 5.92 Å². The SMILES string of the molecule is NCC1CCCN(c2ncc3c(n2)CCCCC3)C1. The third-order valence-corrected chi connectivity index (χ3v) is 4.44. The summed E-state index contributed by atoms with van der Waals surface area (Å²) in [7, 11) is 0. The predicted molar refractivity (Wildman–Crippen MR) is 77.3 cm³/mol. The summed E-state index contributed by atoms with van der Waals surface area (Å²) in [4.78, 5) is 11.8. The van der Waals surface area contributed by atoms with Crippen LogP contribution in [0, 0.1) is 5.92 Å². The molecule has 1 fully saturated rings. The summed E-state index contributed by atoms with van der Waals surface area (Å²) in [6.45, 7) is 2.88. The zero-order valence-electron chi connectivity index (χ0n) is 11.6. The van der Waals surface area contributed by atoms with E-state index in [-0.39, 0.29) is 0 Å². The summed E-state index contributed by atoms with van der Waals surface area (Å²) >= 11 is 0. The van der Waals surface area contributed by atoms with E-state index in [2.05, 4.69) is 16.1 Å². The third-order valence-electron chi connectivity index (χ3n) is 4.44. The maximum absolute atomic E-state index is 5.81. The molecular weight excluding hydrogens is 236 g/mol. The van der Waals surface area contributed by atoms with Crippen molar-refractivity contribution in [3.8, 4) is 0 Å². The Balaban J connectivity index is 1.79. The number of hydrogen-bond acceptors (Lipinski definition) is 4. The van der Waals surface area contributed by atoms with E-state index in [9.17, 15) is 0 Å². The van der Waals surface area contributed by atoms with Crippen molar-refractivity contribution in [2.24, 2.45) is 11.7 Å². The summed E-state index contributed by atoms with van der Waals surface area (Å²) in [6, 6.07) is 0. The van der Waals surface area contributed by atoms with Crippen LogP contribution in [-0.4, -0.2) is 29.6 Å². The second-order valence-corrected chi connectivity index (χ2v) is 5.89. The van der Waals surface area contributed by atoms with Crippen LogP contribution < -0.4 is 10.6 Å². The lowest BCUT2D eigenvalue weighted by Gasteiger charge is -2.32. The number of piperidine rings is 1. The molecule has 1 aliphatic carbocycles. The van der Waals surface area contributed by atoms with Gasteiger partial charge in [0.25, 0.3) is 0 Å². The van der Waals surface area contributed by atoms with Gasteiger partial charge in [0.2, 0.25) is 5.95 Å². The van der Waals surface area contributed by atoms with Crippen LogP contribution >= 0.6 is 0 Å². The molecule has 4 nitrogen and oxygen atoms in total. The molecule has 1 aromatic heterocycles. The minimum Gasteiger partial charge on any atom is -0.340 e. The number of fused-ring (bicyclic) bond motifs is 1.